The lowest BCUT2D eigenvalue weighted by atomic mass is 10.0. The third kappa shape index (κ3) is 5.96. The lowest BCUT2D eigenvalue weighted by Crippen LogP contribution is -2.32. The summed E-state index contributed by atoms with van der Waals surface area (Å²) in [7, 11) is 0. The van der Waals surface area contributed by atoms with Gasteiger partial charge in [-0.1, -0.05) is 23.9 Å². The summed E-state index contributed by atoms with van der Waals surface area (Å²) in [6.45, 7) is 9.32. The molecule has 0 saturated carbocycles. The zero-order valence-electron chi connectivity index (χ0n) is 17.7. The van der Waals surface area contributed by atoms with Crippen molar-refractivity contribution in [1.82, 2.24) is 14.9 Å². The molecule has 0 radical (unpaired) electrons. The molecule has 0 unspecified atom stereocenters. The Morgan fingerprint density at radius 2 is 1.86 bits per heavy atom. The van der Waals surface area contributed by atoms with Gasteiger partial charge in [0.25, 0.3) is 0 Å². The Hall–Kier alpha value is -1.57. The molecular formula is C22H30N4OS2. The van der Waals surface area contributed by atoms with Crippen LogP contribution in [0.2, 0.25) is 0 Å². The van der Waals surface area contributed by atoms with Gasteiger partial charge in [0.15, 0.2) is 5.16 Å². The van der Waals surface area contributed by atoms with Crippen LogP contribution in [0.5, 0.6) is 0 Å². The van der Waals surface area contributed by atoms with Gasteiger partial charge in [0.05, 0.1) is 0 Å². The highest BCUT2D eigenvalue weighted by Crippen LogP contribution is 2.23. The van der Waals surface area contributed by atoms with Gasteiger partial charge in [0.2, 0.25) is 5.91 Å². The van der Waals surface area contributed by atoms with Crippen LogP contribution in [0.25, 0.3) is 0 Å². The van der Waals surface area contributed by atoms with Crippen molar-refractivity contribution in [2.24, 2.45) is 0 Å². The second-order valence-corrected chi connectivity index (χ2v) is 9.38. The number of nitrogens with one attached hydrogen (secondary N) is 1. The molecule has 1 aromatic heterocycles. The molecule has 2 heterocycles. The highest BCUT2D eigenvalue weighted by Gasteiger charge is 2.15. The van der Waals surface area contributed by atoms with Crippen LogP contribution in [-0.2, 0) is 17.8 Å². The fourth-order valence-corrected chi connectivity index (χ4v) is 5.04. The van der Waals surface area contributed by atoms with Gasteiger partial charge < -0.3 is 5.32 Å². The first kappa shape index (κ1) is 22.1. The average molecular weight is 431 g/mol. The normalized spacial score (nSPS) is 14.8. The number of aromatic nitrogens is 2. The Labute approximate surface area is 182 Å². The van der Waals surface area contributed by atoms with Crippen molar-refractivity contribution in [1.29, 1.82) is 0 Å². The molecule has 0 aliphatic carbocycles. The van der Waals surface area contributed by atoms with Crippen LogP contribution < -0.4 is 5.32 Å². The van der Waals surface area contributed by atoms with E-state index in [2.05, 4.69) is 33.2 Å². The molecule has 1 N–H and O–H groups in total. The first-order valence-corrected chi connectivity index (χ1v) is 12.4. The van der Waals surface area contributed by atoms with E-state index in [9.17, 15) is 4.79 Å². The Balaban J connectivity index is 1.61. The summed E-state index contributed by atoms with van der Waals surface area (Å²) < 4.78 is 0. The summed E-state index contributed by atoms with van der Waals surface area (Å²) in [6, 6.07) is 6.21. The Morgan fingerprint density at radius 1 is 1.17 bits per heavy atom. The Morgan fingerprint density at radius 3 is 2.52 bits per heavy atom. The summed E-state index contributed by atoms with van der Waals surface area (Å²) in [5, 5.41) is 3.90. The number of carbonyl (C=O) groups is 1. The summed E-state index contributed by atoms with van der Waals surface area (Å²) in [5.41, 5.74) is 6.38. The van der Waals surface area contributed by atoms with E-state index < -0.39 is 0 Å². The first-order chi connectivity index (χ1) is 14.0. The molecule has 3 rings (SSSR count). The minimum absolute atomic E-state index is 0.0346. The van der Waals surface area contributed by atoms with Crippen molar-refractivity contribution in [2.45, 2.75) is 45.3 Å². The molecule has 1 saturated heterocycles. The lowest BCUT2D eigenvalue weighted by molar-refractivity contribution is -0.116. The van der Waals surface area contributed by atoms with E-state index in [1.54, 1.807) is 11.8 Å². The van der Waals surface area contributed by atoms with Gasteiger partial charge in [-0.25, -0.2) is 9.97 Å². The van der Waals surface area contributed by atoms with E-state index in [1.807, 2.05) is 44.0 Å². The molecule has 0 bridgehead atoms. The van der Waals surface area contributed by atoms with Crippen LogP contribution in [0.4, 0.5) is 5.69 Å². The average Bonchev–Trinajstić information content (AvgIpc) is 2.71. The minimum Gasteiger partial charge on any atom is -0.326 e. The predicted octanol–water partition coefficient (Wildman–Crippen LogP) is 4.24. The number of carbonyl (C=O) groups excluding carboxylic acids is 1. The highest BCUT2D eigenvalue weighted by molar-refractivity contribution is 7.99. The summed E-state index contributed by atoms with van der Waals surface area (Å²) in [6.07, 6.45) is 3.06. The monoisotopic (exact) mass is 430 g/mol. The van der Waals surface area contributed by atoms with Crippen molar-refractivity contribution in [3.63, 3.8) is 0 Å². The molecule has 5 nitrogen and oxygen atoms in total. The second kappa shape index (κ2) is 10.5. The molecule has 2 aromatic rings. The van der Waals surface area contributed by atoms with Gasteiger partial charge in [-0.2, -0.15) is 11.8 Å². The fraction of sp³-hybridized carbons (Fsp3) is 0.500. The third-order valence-corrected chi connectivity index (χ3v) is 6.89. The zero-order valence-corrected chi connectivity index (χ0v) is 19.4. The van der Waals surface area contributed by atoms with E-state index in [0.717, 1.165) is 47.4 Å². The number of anilines is 1. The Kier molecular flexibility index (Phi) is 7.98. The second-order valence-electron chi connectivity index (χ2n) is 7.39. The number of aryl methyl sites for hydroxylation is 2. The van der Waals surface area contributed by atoms with E-state index in [-0.39, 0.29) is 5.91 Å². The number of benzene rings is 1. The van der Waals surface area contributed by atoms with E-state index in [1.165, 1.54) is 22.6 Å². The van der Waals surface area contributed by atoms with Crippen molar-refractivity contribution in [3.8, 4) is 0 Å². The van der Waals surface area contributed by atoms with Crippen LogP contribution in [0.15, 0.2) is 23.4 Å². The smallest absolute Gasteiger partial charge is 0.224 e. The summed E-state index contributed by atoms with van der Waals surface area (Å²) in [4.78, 5) is 24.1. The molecule has 1 aliphatic rings. The molecule has 0 atom stereocenters. The minimum atomic E-state index is 0.0346. The molecule has 1 amide bonds. The van der Waals surface area contributed by atoms with Crippen LogP contribution >= 0.6 is 23.5 Å². The molecule has 1 aliphatic heterocycles. The maximum atomic E-state index is 12.6. The topological polar surface area (TPSA) is 58.1 Å². The summed E-state index contributed by atoms with van der Waals surface area (Å²) >= 11 is 3.56. The molecule has 29 heavy (non-hydrogen) atoms. The molecule has 156 valence electrons. The number of hydrogen-bond acceptors (Lipinski definition) is 6. The summed E-state index contributed by atoms with van der Waals surface area (Å²) in [5.74, 6) is 2.44. The first-order valence-electron chi connectivity index (χ1n) is 10.0. The van der Waals surface area contributed by atoms with E-state index >= 15 is 0 Å². The van der Waals surface area contributed by atoms with Gasteiger partial charge >= 0.3 is 0 Å². The molecule has 0 spiro atoms. The number of amides is 1. The zero-order chi connectivity index (χ0) is 20.8. The predicted molar refractivity (Wildman–Crippen MR) is 124 cm³/mol. The standard InChI is InChI=1S/C22H30N4OS2/c1-15-18(14-26-10-12-29-13-11-26)6-5-7-20(15)25-21(27)9-8-19-16(2)23-22(28-4)24-17(19)3/h5-7H,8-14H2,1-4H3,(H,25,27). The number of thioether (sulfide) groups is 2. The SMILES string of the molecule is CSc1nc(C)c(CCC(=O)Nc2cccc(CN3CCSCC3)c2C)c(C)n1. The lowest BCUT2D eigenvalue weighted by Gasteiger charge is -2.27. The largest absolute Gasteiger partial charge is 0.326 e. The highest BCUT2D eigenvalue weighted by atomic mass is 32.2. The molecule has 1 fully saturated rings. The van der Waals surface area contributed by atoms with Crippen molar-refractivity contribution in [2.75, 3.05) is 36.2 Å². The van der Waals surface area contributed by atoms with Gasteiger partial charge in [0.1, 0.15) is 0 Å². The third-order valence-electron chi connectivity index (χ3n) is 5.40. The quantitative estimate of drug-likeness (QED) is 0.524. The number of nitrogens with zero attached hydrogens (tertiary/aromatic N) is 3. The van der Waals surface area contributed by atoms with Gasteiger partial charge in [-0.15, -0.1) is 0 Å². The van der Waals surface area contributed by atoms with Crippen LogP contribution in [0.1, 0.15) is 34.5 Å². The number of hydrogen-bond donors (Lipinski definition) is 1. The van der Waals surface area contributed by atoms with Crippen LogP contribution in [0.3, 0.4) is 0 Å². The number of rotatable bonds is 7. The maximum Gasteiger partial charge on any atom is 0.224 e. The molecule has 1 aromatic carbocycles. The molecular weight excluding hydrogens is 400 g/mol. The maximum absolute atomic E-state index is 12.6. The van der Waals surface area contributed by atoms with E-state index in [0.29, 0.717) is 12.8 Å². The van der Waals surface area contributed by atoms with Gasteiger partial charge in [-0.3, -0.25) is 9.69 Å². The Bertz CT molecular complexity index is 843. The fourth-order valence-electron chi connectivity index (χ4n) is 3.60. The van der Waals surface area contributed by atoms with Crippen molar-refractivity contribution in [3.05, 3.63) is 46.3 Å². The van der Waals surface area contributed by atoms with Gasteiger partial charge in [0, 0.05) is 54.6 Å². The van der Waals surface area contributed by atoms with Crippen LogP contribution in [-0.4, -0.2) is 51.6 Å². The van der Waals surface area contributed by atoms with Crippen molar-refractivity contribution < 1.29 is 4.79 Å². The van der Waals surface area contributed by atoms with Gasteiger partial charge in [-0.05, 0) is 56.2 Å². The molecule has 7 heteroatoms. The van der Waals surface area contributed by atoms with E-state index in [4.69, 9.17) is 0 Å². The van der Waals surface area contributed by atoms with Crippen LogP contribution in [0, 0.1) is 20.8 Å². The van der Waals surface area contributed by atoms with Crippen molar-refractivity contribution >= 4 is 35.1 Å².